The quantitative estimate of drug-likeness (QED) is 0.443. The first-order valence-corrected chi connectivity index (χ1v) is 4.28. The van der Waals surface area contributed by atoms with Crippen molar-refractivity contribution in [1.29, 1.82) is 0 Å². The van der Waals surface area contributed by atoms with Crippen LogP contribution >= 0.6 is 21.6 Å². The van der Waals surface area contributed by atoms with E-state index in [4.69, 9.17) is 0 Å². The van der Waals surface area contributed by atoms with E-state index in [9.17, 15) is 0 Å². The maximum absolute atomic E-state index is 3.10. The molecule has 0 aromatic carbocycles. The van der Waals surface area contributed by atoms with Crippen LogP contribution in [0.2, 0.25) is 0 Å². The van der Waals surface area contributed by atoms with Crippen molar-refractivity contribution in [3.8, 4) is 0 Å². The molecule has 1 heterocycles. The summed E-state index contributed by atoms with van der Waals surface area (Å²) in [6, 6.07) is 0. The van der Waals surface area contributed by atoms with Gasteiger partial charge in [0, 0.05) is 11.5 Å². The molecule has 0 spiro atoms. The average Bonchev–Trinajstić information content (AvgIpc) is 1.72. The standard InChI is InChI=1S/C4H5S2/c1-2-4-6-5-3-1/h1H,3-4H2. The van der Waals surface area contributed by atoms with Crippen LogP contribution in [0.5, 0.6) is 0 Å². The lowest BCUT2D eigenvalue weighted by atomic mass is 10.6. The van der Waals surface area contributed by atoms with Crippen molar-refractivity contribution in [3.63, 3.8) is 0 Å². The predicted octanol–water partition coefficient (Wildman–Crippen LogP) is 1.74. The van der Waals surface area contributed by atoms with Gasteiger partial charge in [-0.1, -0.05) is 27.7 Å². The van der Waals surface area contributed by atoms with Crippen molar-refractivity contribution >= 4 is 21.6 Å². The first-order valence-electron chi connectivity index (χ1n) is 1.79. The van der Waals surface area contributed by atoms with Crippen molar-refractivity contribution in [2.75, 3.05) is 11.5 Å². The molecule has 0 fully saturated rings. The minimum Gasteiger partial charge on any atom is -0.0896 e. The topological polar surface area (TPSA) is 0 Å². The fraction of sp³-hybridized carbons (Fsp3) is 0.500. The molecule has 1 radical (unpaired) electrons. The van der Waals surface area contributed by atoms with Gasteiger partial charge in [-0.15, -0.1) is 0 Å². The van der Waals surface area contributed by atoms with Crippen molar-refractivity contribution in [2.24, 2.45) is 0 Å². The highest BCUT2D eigenvalue weighted by molar-refractivity contribution is 8.76. The van der Waals surface area contributed by atoms with Gasteiger partial charge in [-0.2, -0.15) is 0 Å². The van der Waals surface area contributed by atoms with E-state index in [-0.39, 0.29) is 0 Å². The molecule has 0 aromatic rings. The molecule has 0 aliphatic carbocycles. The van der Waals surface area contributed by atoms with Gasteiger partial charge in [0.05, 0.1) is 0 Å². The molecule has 0 saturated carbocycles. The molecule has 0 unspecified atom stereocenters. The molecular formula is C4H5S2. The van der Waals surface area contributed by atoms with Crippen molar-refractivity contribution < 1.29 is 0 Å². The zero-order valence-corrected chi connectivity index (χ0v) is 4.94. The predicted molar refractivity (Wildman–Crippen MR) is 32.7 cm³/mol. The summed E-state index contributed by atoms with van der Waals surface area (Å²) in [5.74, 6) is 2.22. The monoisotopic (exact) mass is 117 g/mol. The average molecular weight is 117 g/mol. The maximum Gasteiger partial charge on any atom is 0.0288 e. The van der Waals surface area contributed by atoms with E-state index in [1.54, 1.807) is 0 Å². The molecule has 1 aliphatic rings. The molecule has 0 aromatic heterocycles. The Morgan fingerprint density at radius 3 is 2.67 bits per heavy atom. The van der Waals surface area contributed by atoms with Crippen molar-refractivity contribution in [1.82, 2.24) is 0 Å². The molecule has 0 N–H and O–H groups in total. The summed E-state index contributed by atoms with van der Waals surface area (Å²) < 4.78 is 0. The van der Waals surface area contributed by atoms with Crippen LogP contribution in [0.3, 0.4) is 0 Å². The fourth-order valence-electron chi connectivity index (χ4n) is 0.276. The van der Waals surface area contributed by atoms with Gasteiger partial charge in [0.1, 0.15) is 0 Å². The molecule has 0 bridgehead atoms. The molecule has 0 atom stereocenters. The van der Waals surface area contributed by atoms with Crippen LogP contribution < -0.4 is 0 Å². The van der Waals surface area contributed by atoms with Crippen LogP contribution in [0, 0.1) is 6.08 Å². The SMILES string of the molecule is [C]1=CCSSC1. The summed E-state index contributed by atoms with van der Waals surface area (Å²) >= 11 is 0. The normalized spacial score (nSPS) is 21.3. The molecular weight excluding hydrogens is 112 g/mol. The van der Waals surface area contributed by atoms with E-state index in [2.05, 4.69) is 12.2 Å². The van der Waals surface area contributed by atoms with E-state index in [1.807, 2.05) is 21.6 Å². The van der Waals surface area contributed by atoms with E-state index >= 15 is 0 Å². The van der Waals surface area contributed by atoms with Crippen molar-refractivity contribution in [2.45, 2.75) is 0 Å². The smallest absolute Gasteiger partial charge is 0.0288 e. The summed E-state index contributed by atoms with van der Waals surface area (Å²) in [7, 11) is 3.76. The lowest BCUT2D eigenvalue weighted by molar-refractivity contribution is 1.60. The third-order valence-electron chi connectivity index (χ3n) is 0.521. The zero-order chi connectivity index (χ0) is 4.24. The van der Waals surface area contributed by atoms with Crippen LogP contribution in [-0.4, -0.2) is 11.5 Å². The molecule has 0 saturated heterocycles. The minimum atomic E-state index is 1.07. The van der Waals surface area contributed by atoms with Gasteiger partial charge in [-0.3, -0.25) is 0 Å². The van der Waals surface area contributed by atoms with Gasteiger partial charge in [-0.25, -0.2) is 0 Å². The number of hydrogen-bond donors (Lipinski definition) is 0. The first kappa shape index (κ1) is 4.60. The fourth-order valence-corrected chi connectivity index (χ4v) is 1.77. The Bertz CT molecular complexity index is 50.6. The Labute approximate surface area is 45.8 Å². The van der Waals surface area contributed by atoms with Gasteiger partial charge in [0.25, 0.3) is 0 Å². The summed E-state index contributed by atoms with van der Waals surface area (Å²) in [6.45, 7) is 0. The number of hydrogen-bond acceptors (Lipinski definition) is 2. The van der Waals surface area contributed by atoms with E-state index in [1.165, 1.54) is 0 Å². The van der Waals surface area contributed by atoms with Gasteiger partial charge >= 0.3 is 0 Å². The highest BCUT2D eigenvalue weighted by atomic mass is 33.1. The maximum atomic E-state index is 3.10. The lowest BCUT2D eigenvalue weighted by Gasteiger charge is -1.96. The third kappa shape index (κ3) is 1.27. The lowest BCUT2D eigenvalue weighted by Crippen LogP contribution is -1.76. The van der Waals surface area contributed by atoms with Crippen LogP contribution in [0.4, 0.5) is 0 Å². The highest BCUT2D eigenvalue weighted by Gasteiger charge is 1.88. The Morgan fingerprint density at radius 1 is 1.50 bits per heavy atom. The summed E-state index contributed by atoms with van der Waals surface area (Å²) in [5.41, 5.74) is 0. The van der Waals surface area contributed by atoms with Gasteiger partial charge in [-0.05, 0) is 6.08 Å². The summed E-state index contributed by atoms with van der Waals surface area (Å²) in [4.78, 5) is 0. The summed E-state index contributed by atoms with van der Waals surface area (Å²) in [6.07, 6.45) is 5.19. The molecule has 1 aliphatic heterocycles. The van der Waals surface area contributed by atoms with Crippen LogP contribution in [0.15, 0.2) is 6.08 Å². The van der Waals surface area contributed by atoms with E-state index < -0.39 is 0 Å². The minimum absolute atomic E-state index is 1.07. The van der Waals surface area contributed by atoms with Gasteiger partial charge < -0.3 is 0 Å². The Balaban J connectivity index is 2.26. The van der Waals surface area contributed by atoms with Gasteiger partial charge in [0.2, 0.25) is 0 Å². The summed E-state index contributed by atoms with van der Waals surface area (Å²) in [5, 5.41) is 0. The Hall–Kier alpha value is 0.440. The van der Waals surface area contributed by atoms with Crippen LogP contribution in [-0.2, 0) is 0 Å². The Kier molecular flexibility index (Phi) is 1.98. The van der Waals surface area contributed by atoms with E-state index in [0.717, 1.165) is 11.5 Å². The van der Waals surface area contributed by atoms with E-state index in [0.29, 0.717) is 0 Å². The molecule has 2 heteroatoms. The zero-order valence-electron chi connectivity index (χ0n) is 3.31. The highest BCUT2D eigenvalue weighted by Crippen LogP contribution is 2.23. The Morgan fingerprint density at radius 2 is 2.50 bits per heavy atom. The second-order valence-electron chi connectivity index (χ2n) is 0.955. The second kappa shape index (κ2) is 2.59. The van der Waals surface area contributed by atoms with Crippen molar-refractivity contribution in [3.05, 3.63) is 12.2 Å². The molecule has 0 nitrogen and oxygen atoms in total. The first-order chi connectivity index (χ1) is 3.00. The molecule has 6 heavy (non-hydrogen) atoms. The van der Waals surface area contributed by atoms with Gasteiger partial charge in [0.15, 0.2) is 0 Å². The third-order valence-corrected chi connectivity index (χ3v) is 2.54. The molecule has 1 rings (SSSR count). The largest absolute Gasteiger partial charge is 0.0896 e. The number of rotatable bonds is 0. The second-order valence-corrected chi connectivity index (χ2v) is 3.46. The van der Waals surface area contributed by atoms with Crippen LogP contribution in [0.25, 0.3) is 0 Å². The molecule has 0 amide bonds. The molecule has 33 valence electrons. The van der Waals surface area contributed by atoms with Crippen LogP contribution in [0.1, 0.15) is 0 Å².